The number of anilines is 2. The predicted molar refractivity (Wildman–Crippen MR) is 73.5 cm³/mol. The first kappa shape index (κ1) is 17.0. The second-order valence-corrected chi connectivity index (χ2v) is 4.39. The largest absolute Gasteiger partial charge is 0.389 e. The second kappa shape index (κ2) is 7.65. The number of pyridine rings is 1. The maximum absolute atomic E-state index is 12.0. The van der Waals surface area contributed by atoms with Gasteiger partial charge >= 0.3 is 11.9 Å². The first-order valence-electron chi connectivity index (χ1n) is 6.53. The summed E-state index contributed by atoms with van der Waals surface area (Å²) in [4.78, 5) is 14.3. The van der Waals surface area contributed by atoms with Gasteiger partial charge in [0, 0.05) is 25.6 Å². The molecule has 0 aliphatic heterocycles. The third kappa shape index (κ3) is 6.28. The summed E-state index contributed by atoms with van der Waals surface area (Å²) in [5.41, 5.74) is -0.260. The Morgan fingerprint density at radius 1 is 1.29 bits per heavy atom. The molecule has 0 fully saturated rings. The molecule has 1 rings (SSSR count). The van der Waals surface area contributed by atoms with Gasteiger partial charge in [-0.1, -0.05) is 6.92 Å². The number of nitrogens with one attached hydrogen (secondary N) is 2. The number of halogens is 3. The van der Waals surface area contributed by atoms with Crippen LogP contribution in [0, 0.1) is 10.1 Å². The summed E-state index contributed by atoms with van der Waals surface area (Å²) in [6.07, 6.45) is -4.49. The maximum Gasteiger partial charge on any atom is 0.389 e. The minimum atomic E-state index is -4.23. The highest BCUT2D eigenvalue weighted by atomic mass is 19.4. The van der Waals surface area contributed by atoms with E-state index < -0.39 is 17.5 Å². The minimum absolute atomic E-state index is 0.0247. The Morgan fingerprint density at radius 2 is 2.00 bits per heavy atom. The van der Waals surface area contributed by atoms with Gasteiger partial charge in [-0.15, -0.1) is 0 Å². The standard InChI is InChI=1S/C12H17F3N4O2/c1-2-7-16-10-5-4-9(19(20)21)11(18-10)17-8-3-6-12(13,14)15/h4-5H,2-3,6-8H2,1H3,(H2,16,17,18). The molecule has 0 bridgehead atoms. The average Bonchev–Trinajstić information content (AvgIpc) is 2.40. The quantitative estimate of drug-likeness (QED) is 0.436. The van der Waals surface area contributed by atoms with Gasteiger partial charge in [-0.2, -0.15) is 13.2 Å². The lowest BCUT2D eigenvalue weighted by atomic mass is 10.3. The molecule has 9 heteroatoms. The predicted octanol–water partition coefficient (Wildman–Crippen LogP) is 3.57. The lowest BCUT2D eigenvalue weighted by Gasteiger charge is -2.10. The summed E-state index contributed by atoms with van der Waals surface area (Å²) in [5.74, 6) is 0.420. The molecule has 0 spiro atoms. The molecule has 2 N–H and O–H groups in total. The van der Waals surface area contributed by atoms with Crippen molar-refractivity contribution >= 4 is 17.3 Å². The van der Waals surface area contributed by atoms with Crippen molar-refractivity contribution in [1.29, 1.82) is 0 Å². The van der Waals surface area contributed by atoms with E-state index in [2.05, 4.69) is 15.6 Å². The van der Waals surface area contributed by atoms with E-state index in [4.69, 9.17) is 0 Å². The molecule has 0 aliphatic carbocycles. The van der Waals surface area contributed by atoms with Crippen molar-refractivity contribution < 1.29 is 18.1 Å². The molecule has 0 aliphatic rings. The first-order chi connectivity index (χ1) is 9.83. The zero-order valence-corrected chi connectivity index (χ0v) is 11.5. The molecule has 0 saturated carbocycles. The van der Waals surface area contributed by atoms with E-state index in [0.717, 1.165) is 6.42 Å². The van der Waals surface area contributed by atoms with E-state index in [1.165, 1.54) is 12.1 Å². The van der Waals surface area contributed by atoms with Crippen molar-refractivity contribution in [1.82, 2.24) is 4.98 Å². The fourth-order valence-corrected chi connectivity index (χ4v) is 1.58. The average molecular weight is 306 g/mol. The van der Waals surface area contributed by atoms with Crippen molar-refractivity contribution in [2.24, 2.45) is 0 Å². The number of hydrogen-bond acceptors (Lipinski definition) is 5. The van der Waals surface area contributed by atoms with E-state index in [1.807, 2.05) is 6.92 Å². The van der Waals surface area contributed by atoms with Crippen molar-refractivity contribution in [2.45, 2.75) is 32.4 Å². The summed E-state index contributed by atoms with van der Waals surface area (Å²) in [7, 11) is 0. The van der Waals surface area contributed by atoms with Gasteiger partial charge in [0.2, 0.25) is 5.82 Å². The molecule has 1 heterocycles. The van der Waals surface area contributed by atoms with Gasteiger partial charge in [0.1, 0.15) is 5.82 Å². The fraction of sp³-hybridized carbons (Fsp3) is 0.583. The normalized spacial score (nSPS) is 11.2. The highest BCUT2D eigenvalue weighted by Crippen LogP contribution is 2.25. The number of hydrogen-bond donors (Lipinski definition) is 2. The molecule has 6 nitrogen and oxygen atoms in total. The molecule has 1 aromatic rings. The Hall–Kier alpha value is -2.06. The highest BCUT2D eigenvalue weighted by molar-refractivity contribution is 5.60. The van der Waals surface area contributed by atoms with Gasteiger partial charge in [0.25, 0.3) is 0 Å². The topological polar surface area (TPSA) is 80.1 Å². The Morgan fingerprint density at radius 3 is 2.57 bits per heavy atom. The van der Waals surface area contributed by atoms with Crippen LogP contribution in [0.2, 0.25) is 0 Å². The zero-order chi connectivity index (χ0) is 15.9. The van der Waals surface area contributed by atoms with Crippen LogP contribution < -0.4 is 10.6 Å². The van der Waals surface area contributed by atoms with Gasteiger partial charge < -0.3 is 10.6 Å². The van der Waals surface area contributed by atoms with Gasteiger partial charge in [-0.25, -0.2) is 4.98 Å². The molecule has 0 saturated heterocycles. The Labute approximate surface area is 119 Å². The third-order valence-electron chi connectivity index (χ3n) is 2.56. The summed E-state index contributed by atoms with van der Waals surface area (Å²) in [6.45, 7) is 2.57. The zero-order valence-electron chi connectivity index (χ0n) is 11.5. The van der Waals surface area contributed by atoms with Crippen molar-refractivity contribution in [3.05, 3.63) is 22.2 Å². The number of aromatic nitrogens is 1. The molecular weight excluding hydrogens is 289 g/mol. The van der Waals surface area contributed by atoms with Crippen LogP contribution in [0.4, 0.5) is 30.5 Å². The van der Waals surface area contributed by atoms with Crippen LogP contribution >= 0.6 is 0 Å². The van der Waals surface area contributed by atoms with E-state index in [9.17, 15) is 23.3 Å². The minimum Gasteiger partial charge on any atom is -0.370 e. The van der Waals surface area contributed by atoms with Crippen molar-refractivity contribution in [3.8, 4) is 0 Å². The molecule has 118 valence electrons. The van der Waals surface area contributed by atoms with Crippen LogP contribution in [-0.4, -0.2) is 29.2 Å². The van der Waals surface area contributed by atoms with E-state index >= 15 is 0 Å². The number of alkyl halides is 3. The van der Waals surface area contributed by atoms with Crippen molar-refractivity contribution in [2.75, 3.05) is 23.7 Å². The number of rotatable bonds is 8. The van der Waals surface area contributed by atoms with Crippen LogP contribution in [0.3, 0.4) is 0 Å². The van der Waals surface area contributed by atoms with Crippen molar-refractivity contribution in [3.63, 3.8) is 0 Å². The molecule has 0 atom stereocenters. The van der Waals surface area contributed by atoms with E-state index in [-0.39, 0.29) is 24.5 Å². The van der Waals surface area contributed by atoms with E-state index in [0.29, 0.717) is 12.4 Å². The molecular formula is C12H17F3N4O2. The van der Waals surface area contributed by atoms with Crippen LogP contribution in [-0.2, 0) is 0 Å². The molecule has 0 amide bonds. The summed E-state index contributed by atoms with van der Waals surface area (Å²) >= 11 is 0. The molecule has 0 unspecified atom stereocenters. The number of nitrogens with zero attached hydrogens (tertiary/aromatic N) is 2. The first-order valence-corrected chi connectivity index (χ1v) is 6.53. The van der Waals surface area contributed by atoms with E-state index in [1.54, 1.807) is 0 Å². The Bertz CT molecular complexity index is 480. The summed E-state index contributed by atoms with van der Waals surface area (Å²) < 4.78 is 36.1. The lowest BCUT2D eigenvalue weighted by molar-refractivity contribution is -0.384. The SMILES string of the molecule is CCCNc1ccc([N+](=O)[O-])c(NCCCC(F)(F)F)n1. The summed E-state index contributed by atoms with van der Waals surface area (Å²) in [6, 6.07) is 2.74. The molecule has 1 aromatic heterocycles. The summed E-state index contributed by atoms with van der Waals surface area (Å²) in [5, 5.41) is 16.4. The monoisotopic (exact) mass is 306 g/mol. The van der Waals surface area contributed by atoms with Crippen LogP contribution in [0.15, 0.2) is 12.1 Å². The molecule has 0 radical (unpaired) electrons. The van der Waals surface area contributed by atoms with Gasteiger partial charge in [0.15, 0.2) is 0 Å². The second-order valence-electron chi connectivity index (χ2n) is 4.39. The number of nitro groups is 1. The fourth-order valence-electron chi connectivity index (χ4n) is 1.58. The van der Waals surface area contributed by atoms with Gasteiger partial charge in [-0.05, 0) is 18.9 Å². The maximum atomic E-state index is 12.0. The van der Waals surface area contributed by atoms with Crippen LogP contribution in [0.5, 0.6) is 0 Å². The Balaban J connectivity index is 2.69. The molecule has 0 aromatic carbocycles. The Kier molecular flexibility index (Phi) is 6.19. The van der Waals surface area contributed by atoms with Crippen LogP contribution in [0.25, 0.3) is 0 Å². The highest BCUT2D eigenvalue weighted by Gasteiger charge is 2.26. The lowest BCUT2D eigenvalue weighted by Crippen LogP contribution is -2.13. The van der Waals surface area contributed by atoms with Crippen LogP contribution in [0.1, 0.15) is 26.2 Å². The third-order valence-corrected chi connectivity index (χ3v) is 2.56. The van der Waals surface area contributed by atoms with Gasteiger partial charge in [0.05, 0.1) is 4.92 Å². The smallest absolute Gasteiger partial charge is 0.370 e. The van der Waals surface area contributed by atoms with Gasteiger partial charge in [-0.3, -0.25) is 10.1 Å². The molecule has 21 heavy (non-hydrogen) atoms.